The molecule has 0 fully saturated rings. The van der Waals surface area contributed by atoms with Crippen LogP contribution in [0, 0.1) is 0 Å². The molecule has 0 N–H and O–H groups in total. The van der Waals surface area contributed by atoms with Crippen LogP contribution in [0.4, 0.5) is 0 Å². The summed E-state index contributed by atoms with van der Waals surface area (Å²) in [6.07, 6.45) is 0. The van der Waals surface area contributed by atoms with E-state index in [4.69, 9.17) is 13.9 Å². The van der Waals surface area contributed by atoms with Crippen molar-refractivity contribution in [3.05, 3.63) is 22.5 Å². The summed E-state index contributed by atoms with van der Waals surface area (Å²) in [5, 5.41) is 0. The second-order valence-electron chi connectivity index (χ2n) is 2.97. The predicted molar refractivity (Wildman–Crippen MR) is 59.0 cm³/mol. The molecular weight excluding hydrogens is 262 g/mol. The maximum absolute atomic E-state index is 5.52. The van der Waals surface area contributed by atoms with E-state index in [2.05, 4.69) is 20.9 Å². The Hall–Kier alpha value is -1.07. The van der Waals surface area contributed by atoms with Gasteiger partial charge in [0.15, 0.2) is 11.1 Å². The number of methoxy groups -OCH3 is 2. The number of benzene rings is 1. The van der Waals surface area contributed by atoms with Gasteiger partial charge in [0.25, 0.3) is 0 Å². The van der Waals surface area contributed by atoms with E-state index < -0.39 is 0 Å². The van der Waals surface area contributed by atoms with Gasteiger partial charge in [-0.3, -0.25) is 0 Å². The number of fused-ring (bicyclic) bond motifs is 1. The van der Waals surface area contributed by atoms with Gasteiger partial charge in [-0.2, -0.15) is 0 Å². The van der Waals surface area contributed by atoms with Crippen molar-refractivity contribution in [1.82, 2.24) is 4.98 Å². The fraction of sp³-hybridized carbons (Fsp3) is 0.300. The third-order valence-corrected chi connectivity index (χ3v) is 2.61. The Balaban J connectivity index is 2.61. The van der Waals surface area contributed by atoms with Crippen LogP contribution in [0.15, 0.2) is 21.0 Å². The highest BCUT2D eigenvalue weighted by atomic mass is 79.9. The molecule has 0 unspecified atom stereocenters. The number of rotatable bonds is 3. The summed E-state index contributed by atoms with van der Waals surface area (Å²) in [7, 11) is 3.20. The summed E-state index contributed by atoms with van der Waals surface area (Å²) in [4.78, 5) is 4.29. The van der Waals surface area contributed by atoms with E-state index in [1.54, 1.807) is 14.2 Å². The average Bonchev–Trinajstić information content (AvgIpc) is 2.64. The second kappa shape index (κ2) is 4.20. The Bertz CT molecular complexity index is 481. The Labute approximate surface area is 95.3 Å². The first kappa shape index (κ1) is 10.4. The van der Waals surface area contributed by atoms with Crippen LogP contribution in [0.3, 0.4) is 0 Å². The molecule has 4 nitrogen and oxygen atoms in total. The fourth-order valence-electron chi connectivity index (χ4n) is 1.35. The van der Waals surface area contributed by atoms with E-state index in [1.165, 1.54) is 0 Å². The van der Waals surface area contributed by atoms with E-state index in [-0.39, 0.29) is 0 Å². The highest BCUT2D eigenvalue weighted by molar-refractivity contribution is 9.10. The minimum atomic E-state index is 0.351. The van der Waals surface area contributed by atoms with Gasteiger partial charge in [-0.1, -0.05) is 0 Å². The summed E-state index contributed by atoms with van der Waals surface area (Å²) in [5.74, 6) is 1.23. The zero-order valence-electron chi connectivity index (χ0n) is 8.41. The number of hydrogen-bond donors (Lipinski definition) is 0. The summed E-state index contributed by atoms with van der Waals surface area (Å²) in [6, 6.07) is 3.70. The molecule has 1 heterocycles. The topological polar surface area (TPSA) is 44.5 Å². The minimum Gasteiger partial charge on any atom is -0.494 e. The monoisotopic (exact) mass is 271 g/mol. The summed E-state index contributed by atoms with van der Waals surface area (Å²) in [6.45, 7) is 0.351. The molecule has 2 rings (SSSR count). The molecule has 0 aliphatic rings. The van der Waals surface area contributed by atoms with Crippen molar-refractivity contribution in [2.45, 2.75) is 6.61 Å². The molecule has 80 valence electrons. The maximum Gasteiger partial charge on any atom is 0.221 e. The van der Waals surface area contributed by atoms with Crippen molar-refractivity contribution >= 4 is 27.0 Å². The normalized spacial score (nSPS) is 10.9. The highest BCUT2D eigenvalue weighted by Crippen LogP contribution is 2.31. The van der Waals surface area contributed by atoms with Gasteiger partial charge in [0, 0.05) is 7.11 Å². The average molecular weight is 272 g/mol. The van der Waals surface area contributed by atoms with Crippen molar-refractivity contribution in [3.63, 3.8) is 0 Å². The summed E-state index contributed by atoms with van der Waals surface area (Å²) in [5.41, 5.74) is 1.39. The Morgan fingerprint density at radius 3 is 2.87 bits per heavy atom. The maximum atomic E-state index is 5.52. The van der Waals surface area contributed by atoms with Crippen LogP contribution in [0.1, 0.15) is 5.89 Å². The lowest BCUT2D eigenvalue weighted by molar-refractivity contribution is 0.161. The predicted octanol–water partition coefficient (Wildman–Crippen LogP) is 2.75. The number of nitrogens with zero attached hydrogens (tertiary/aromatic N) is 1. The largest absolute Gasteiger partial charge is 0.494 e. The van der Waals surface area contributed by atoms with Crippen molar-refractivity contribution < 1.29 is 13.9 Å². The molecular formula is C10H10BrNO3. The third-order valence-electron chi connectivity index (χ3n) is 1.99. The molecule has 15 heavy (non-hydrogen) atoms. The summed E-state index contributed by atoms with van der Waals surface area (Å²) < 4.78 is 16.5. The van der Waals surface area contributed by atoms with E-state index in [1.807, 2.05) is 12.1 Å². The number of hydrogen-bond acceptors (Lipinski definition) is 4. The smallest absolute Gasteiger partial charge is 0.221 e. The van der Waals surface area contributed by atoms with Gasteiger partial charge in [0.05, 0.1) is 11.6 Å². The Morgan fingerprint density at radius 1 is 1.40 bits per heavy atom. The number of oxazole rings is 1. The molecule has 0 aliphatic carbocycles. The Kier molecular flexibility index (Phi) is 2.93. The molecule has 0 saturated heterocycles. The van der Waals surface area contributed by atoms with Gasteiger partial charge in [-0.25, -0.2) is 4.98 Å². The van der Waals surface area contributed by atoms with Crippen LogP contribution in [-0.4, -0.2) is 19.2 Å². The fourth-order valence-corrected chi connectivity index (χ4v) is 1.75. The zero-order chi connectivity index (χ0) is 10.8. The zero-order valence-corrected chi connectivity index (χ0v) is 10.00. The van der Waals surface area contributed by atoms with Crippen molar-refractivity contribution in [3.8, 4) is 5.75 Å². The molecule has 5 heteroatoms. The molecule has 1 aromatic heterocycles. The lowest BCUT2D eigenvalue weighted by Gasteiger charge is -1.99. The van der Waals surface area contributed by atoms with Gasteiger partial charge in [0.2, 0.25) is 5.89 Å². The molecule has 0 atom stereocenters. The van der Waals surface area contributed by atoms with Gasteiger partial charge < -0.3 is 13.9 Å². The lowest BCUT2D eigenvalue weighted by atomic mass is 10.3. The van der Waals surface area contributed by atoms with Crippen LogP contribution < -0.4 is 4.74 Å². The SMILES string of the molecule is COCc1nc2c(OC)ccc(Br)c2o1. The molecule has 2 aromatic rings. The van der Waals surface area contributed by atoms with Crippen molar-refractivity contribution in [2.75, 3.05) is 14.2 Å². The first-order valence-corrected chi connectivity index (χ1v) is 5.16. The van der Waals surface area contributed by atoms with E-state index >= 15 is 0 Å². The molecule has 0 amide bonds. The number of halogens is 1. The quantitative estimate of drug-likeness (QED) is 0.861. The molecule has 0 radical (unpaired) electrons. The van der Waals surface area contributed by atoms with E-state index in [0.717, 1.165) is 4.47 Å². The van der Waals surface area contributed by atoms with Gasteiger partial charge >= 0.3 is 0 Å². The van der Waals surface area contributed by atoms with Gasteiger partial charge in [-0.05, 0) is 28.1 Å². The van der Waals surface area contributed by atoms with Crippen LogP contribution in [0.5, 0.6) is 5.75 Å². The van der Waals surface area contributed by atoms with Crippen LogP contribution in [-0.2, 0) is 11.3 Å². The lowest BCUT2D eigenvalue weighted by Crippen LogP contribution is -1.87. The molecule has 1 aromatic carbocycles. The third kappa shape index (κ3) is 1.85. The summed E-state index contributed by atoms with van der Waals surface area (Å²) >= 11 is 3.39. The van der Waals surface area contributed by atoms with Crippen LogP contribution in [0.2, 0.25) is 0 Å². The highest BCUT2D eigenvalue weighted by Gasteiger charge is 2.13. The first-order valence-electron chi connectivity index (χ1n) is 4.37. The second-order valence-corrected chi connectivity index (χ2v) is 3.82. The van der Waals surface area contributed by atoms with Crippen molar-refractivity contribution in [1.29, 1.82) is 0 Å². The molecule has 0 bridgehead atoms. The molecule has 0 spiro atoms. The van der Waals surface area contributed by atoms with Crippen LogP contribution >= 0.6 is 15.9 Å². The van der Waals surface area contributed by atoms with Crippen LogP contribution in [0.25, 0.3) is 11.1 Å². The number of aromatic nitrogens is 1. The standard InChI is InChI=1S/C10H10BrNO3/c1-13-5-8-12-9-7(14-2)4-3-6(11)10(9)15-8/h3-4H,5H2,1-2H3. The van der Waals surface area contributed by atoms with Gasteiger partial charge in [0.1, 0.15) is 12.4 Å². The Morgan fingerprint density at radius 2 is 2.20 bits per heavy atom. The van der Waals surface area contributed by atoms with E-state index in [9.17, 15) is 0 Å². The van der Waals surface area contributed by atoms with E-state index in [0.29, 0.717) is 29.3 Å². The first-order chi connectivity index (χ1) is 7.26. The van der Waals surface area contributed by atoms with Crippen molar-refractivity contribution in [2.24, 2.45) is 0 Å². The number of ether oxygens (including phenoxy) is 2. The molecule has 0 aliphatic heterocycles. The molecule has 0 saturated carbocycles. The minimum absolute atomic E-state index is 0.351. The van der Waals surface area contributed by atoms with Gasteiger partial charge in [-0.15, -0.1) is 0 Å².